The second kappa shape index (κ2) is 8.79. The maximum Gasteiger partial charge on any atom is 0.254 e. The third-order valence-electron chi connectivity index (χ3n) is 4.87. The average molecular weight is 457 g/mol. The van der Waals surface area contributed by atoms with Gasteiger partial charge in [-0.1, -0.05) is 35.3 Å². The van der Waals surface area contributed by atoms with Crippen molar-refractivity contribution in [2.24, 2.45) is 5.73 Å². The molecule has 1 aliphatic heterocycles. The molecule has 0 saturated heterocycles. The normalized spacial score (nSPS) is 12.6. The predicted molar refractivity (Wildman–Crippen MR) is 120 cm³/mol. The number of aromatic nitrogens is 2. The number of primary amides is 1. The summed E-state index contributed by atoms with van der Waals surface area (Å²) >= 11 is 12.4. The highest BCUT2D eigenvalue weighted by Gasteiger charge is 2.21. The van der Waals surface area contributed by atoms with Gasteiger partial charge in [-0.2, -0.15) is 4.98 Å². The van der Waals surface area contributed by atoms with Crippen LogP contribution in [0.25, 0.3) is 0 Å². The Morgan fingerprint density at radius 2 is 1.90 bits per heavy atom. The number of benzene rings is 2. The third-order valence-corrected chi connectivity index (χ3v) is 5.58. The Balaban J connectivity index is 1.64. The summed E-state index contributed by atoms with van der Waals surface area (Å²) in [6, 6.07) is 10.6. The summed E-state index contributed by atoms with van der Waals surface area (Å²) < 4.78 is 0. The fourth-order valence-electron chi connectivity index (χ4n) is 3.32. The van der Waals surface area contributed by atoms with E-state index in [0.29, 0.717) is 39.8 Å². The van der Waals surface area contributed by atoms with Gasteiger partial charge in [0, 0.05) is 46.1 Å². The second-order valence-electron chi connectivity index (χ2n) is 6.84. The zero-order chi connectivity index (χ0) is 22.0. The van der Waals surface area contributed by atoms with E-state index in [-0.39, 0.29) is 29.8 Å². The number of anilines is 3. The number of amides is 2. The molecule has 8 nitrogen and oxygen atoms in total. The molecule has 2 aromatic carbocycles. The highest BCUT2D eigenvalue weighted by atomic mass is 35.5. The average Bonchev–Trinajstić information content (AvgIpc) is 2.74. The summed E-state index contributed by atoms with van der Waals surface area (Å²) in [5.74, 6) is -0.326. The van der Waals surface area contributed by atoms with Crippen LogP contribution in [0.4, 0.5) is 17.5 Å². The molecule has 0 fully saturated rings. The van der Waals surface area contributed by atoms with Crippen LogP contribution in [0.15, 0.2) is 42.6 Å². The van der Waals surface area contributed by atoms with Gasteiger partial charge in [-0.3, -0.25) is 9.59 Å². The first kappa shape index (κ1) is 20.9. The van der Waals surface area contributed by atoms with Gasteiger partial charge in [0.25, 0.3) is 11.8 Å². The van der Waals surface area contributed by atoms with E-state index in [0.717, 1.165) is 5.56 Å². The highest BCUT2D eigenvalue weighted by molar-refractivity contribution is 6.36. The highest BCUT2D eigenvalue weighted by Crippen LogP contribution is 2.28. The van der Waals surface area contributed by atoms with Gasteiger partial charge in [0.1, 0.15) is 11.4 Å². The maximum absolute atomic E-state index is 12.1. The summed E-state index contributed by atoms with van der Waals surface area (Å²) in [5, 5.41) is 10.0. The molecule has 1 aliphatic rings. The van der Waals surface area contributed by atoms with Crippen molar-refractivity contribution < 1.29 is 9.59 Å². The van der Waals surface area contributed by atoms with Gasteiger partial charge >= 0.3 is 0 Å². The molecule has 0 bridgehead atoms. The van der Waals surface area contributed by atoms with Crippen LogP contribution in [0.5, 0.6) is 0 Å². The molecule has 10 heteroatoms. The molecule has 0 aliphatic carbocycles. The first-order valence-corrected chi connectivity index (χ1v) is 10.2. The molecule has 2 heterocycles. The molecule has 5 N–H and O–H groups in total. The molecule has 0 radical (unpaired) electrons. The minimum Gasteiger partial charge on any atom is -0.365 e. The van der Waals surface area contributed by atoms with Gasteiger partial charge in [-0.05, 0) is 36.2 Å². The molecule has 0 unspecified atom stereocenters. The smallest absolute Gasteiger partial charge is 0.254 e. The van der Waals surface area contributed by atoms with Gasteiger partial charge in [0.05, 0.1) is 0 Å². The van der Waals surface area contributed by atoms with Gasteiger partial charge in [0.2, 0.25) is 5.95 Å². The summed E-state index contributed by atoms with van der Waals surface area (Å²) in [6.07, 6.45) is 1.99. The van der Waals surface area contributed by atoms with Crippen LogP contribution in [0.2, 0.25) is 10.0 Å². The van der Waals surface area contributed by atoms with E-state index in [1.54, 1.807) is 30.3 Å². The Kier molecular flexibility index (Phi) is 5.92. The number of hydrogen-bond acceptors (Lipinski definition) is 6. The quantitative estimate of drug-likeness (QED) is 0.449. The second-order valence-corrected chi connectivity index (χ2v) is 7.65. The van der Waals surface area contributed by atoms with E-state index in [4.69, 9.17) is 28.9 Å². The fraction of sp³-hybridized carbons (Fsp3) is 0.143. The van der Waals surface area contributed by atoms with E-state index >= 15 is 0 Å². The Bertz CT molecular complexity index is 1160. The van der Waals surface area contributed by atoms with Crippen LogP contribution in [-0.2, 0) is 13.0 Å². The number of nitrogens with one attached hydrogen (secondary N) is 3. The molecule has 0 atom stereocenters. The maximum atomic E-state index is 12.1. The van der Waals surface area contributed by atoms with Crippen molar-refractivity contribution in [3.05, 3.63) is 74.9 Å². The standard InChI is InChI=1S/C21H18Cl2N6O2/c22-15-4-2-5-16(23)13(15)9-26-21-27-10-14(18(24)30)19(29-21)28-17-6-1-3-12-11(17)7-8-25-20(12)31/h1-6,10H,7-9H2,(H2,24,30)(H,25,31)(H2,26,27,28,29). The van der Waals surface area contributed by atoms with E-state index in [2.05, 4.69) is 25.9 Å². The molecule has 1 aromatic heterocycles. The topological polar surface area (TPSA) is 122 Å². The van der Waals surface area contributed by atoms with E-state index in [1.807, 2.05) is 6.07 Å². The van der Waals surface area contributed by atoms with Crippen molar-refractivity contribution in [1.82, 2.24) is 15.3 Å². The van der Waals surface area contributed by atoms with Crippen molar-refractivity contribution in [1.29, 1.82) is 0 Å². The van der Waals surface area contributed by atoms with Gasteiger partial charge < -0.3 is 21.7 Å². The Labute approximate surface area is 188 Å². The summed E-state index contributed by atoms with van der Waals surface area (Å²) in [7, 11) is 0. The lowest BCUT2D eigenvalue weighted by molar-refractivity contribution is 0.0944. The van der Waals surface area contributed by atoms with Crippen molar-refractivity contribution in [3.63, 3.8) is 0 Å². The number of fused-ring (bicyclic) bond motifs is 1. The van der Waals surface area contributed by atoms with Gasteiger partial charge in [-0.15, -0.1) is 0 Å². The minimum absolute atomic E-state index is 0.124. The number of halogens is 2. The fourth-order valence-corrected chi connectivity index (χ4v) is 3.85. The Morgan fingerprint density at radius 1 is 1.16 bits per heavy atom. The monoisotopic (exact) mass is 456 g/mol. The van der Waals surface area contributed by atoms with Crippen molar-refractivity contribution >= 4 is 52.5 Å². The Morgan fingerprint density at radius 3 is 2.65 bits per heavy atom. The lowest BCUT2D eigenvalue weighted by atomic mass is 9.98. The lowest BCUT2D eigenvalue weighted by Gasteiger charge is -2.20. The molecule has 0 saturated carbocycles. The number of hydrogen-bond donors (Lipinski definition) is 4. The van der Waals surface area contributed by atoms with Crippen molar-refractivity contribution in [2.75, 3.05) is 17.2 Å². The van der Waals surface area contributed by atoms with Crippen LogP contribution in [0, 0.1) is 0 Å². The van der Waals surface area contributed by atoms with E-state index in [9.17, 15) is 9.59 Å². The molecule has 4 rings (SSSR count). The van der Waals surface area contributed by atoms with Gasteiger partial charge in [-0.25, -0.2) is 4.98 Å². The van der Waals surface area contributed by atoms with Crippen LogP contribution < -0.4 is 21.7 Å². The molecular weight excluding hydrogens is 439 g/mol. The van der Waals surface area contributed by atoms with Crippen LogP contribution >= 0.6 is 23.2 Å². The molecule has 158 valence electrons. The number of nitrogens with zero attached hydrogens (tertiary/aromatic N) is 2. The summed E-state index contributed by atoms with van der Waals surface area (Å²) in [4.78, 5) is 32.6. The van der Waals surface area contributed by atoms with Crippen molar-refractivity contribution in [2.45, 2.75) is 13.0 Å². The first-order valence-electron chi connectivity index (χ1n) is 9.44. The predicted octanol–water partition coefficient (Wildman–Crippen LogP) is 3.52. The number of rotatable bonds is 6. The molecular formula is C21H18Cl2N6O2. The zero-order valence-corrected chi connectivity index (χ0v) is 17.7. The number of carbonyl (C=O) groups is 2. The van der Waals surface area contributed by atoms with Crippen molar-refractivity contribution in [3.8, 4) is 0 Å². The molecule has 31 heavy (non-hydrogen) atoms. The Hall–Kier alpha value is -3.36. The summed E-state index contributed by atoms with van der Waals surface area (Å²) in [5.41, 5.74) is 8.43. The van der Waals surface area contributed by atoms with E-state index < -0.39 is 5.91 Å². The van der Waals surface area contributed by atoms with Crippen LogP contribution in [0.1, 0.15) is 31.8 Å². The SMILES string of the molecule is NC(=O)c1cnc(NCc2c(Cl)cccc2Cl)nc1Nc1cccc2c1CCNC2=O. The van der Waals surface area contributed by atoms with Crippen LogP contribution in [0.3, 0.4) is 0 Å². The first-order chi connectivity index (χ1) is 14.9. The molecule has 3 aromatic rings. The van der Waals surface area contributed by atoms with Gasteiger partial charge in [0.15, 0.2) is 0 Å². The minimum atomic E-state index is -0.675. The molecule has 2 amide bonds. The third kappa shape index (κ3) is 4.40. The number of nitrogens with two attached hydrogens (primary N) is 1. The lowest BCUT2D eigenvalue weighted by Crippen LogP contribution is -2.32. The molecule has 0 spiro atoms. The van der Waals surface area contributed by atoms with Crippen LogP contribution in [-0.4, -0.2) is 28.3 Å². The zero-order valence-electron chi connectivity index (χ0n) is 16.2. The largest absolute Gasteiger partial charge is 0.365 e. The summed E-state index contributed by atoms with van der Waals surface area (Å²) in [6.45, 7) is 0.817. The van der Waals surface area contributed by atoms with E-state index in [1.165, 1.54) is 6.20 Å². The number of carbonyl (C=O) groups excluding carboxylic acids is 2.